The van der Waals surface area contributed by atoms with E-state index in [2.05, 4.69) is 0 Å². The van der Waals surface area contributed by atoms with Crippen molar-refractivity contribution in [1.29, 1.82) is 0 Å². The molecule has 5 amide bonds. The van der Waals surface area contributed by atoms with Crippen molar-refractivity contribution in [3.05, 3.63) is 101 Å². The zero-order valence-corrected chi connectivity index (χ0v) is 24.0. The number of amides is 5. The molecule has 3 unspecified atom stereocenters. The highest BCUT2D eigenvalue weighted by atomic mass is 19.4. The number of alkyl halides is 3. The Morgan fingerprint density at radius 1 is 0.778 bits per heavy atom. The summed E-state index contributed by atoms with van der Waals surface area (Å²) in [6, 6.07) is 15.5. The van der Waals surface area contributed by atoms with Gasteiger partial charge in [-0.25, -0.2) is 14.1 Å². The van der Waals surface area contributed by atoms with Crippen molar-refractivity contribution in [2.75, 3.05) is 4.90 Å². The van der Waals surface area contributed by atoms with Gasteiger partial charge < -0.3 is 4.90 Å². The van der Waals surface area contributed by atoms with Gasteiger partial charge in [0.2, 0.25) is 11.8 Å². The van der Waals surface area contributed by atoms with E-state index < -0.39 is 64.7 Å². The molecule has 1 saturated carbocycles. The molecule has 0 radical (unpaired) electrons. The molecule has 4 atom stereocenters. The van der Waals surface area contributed by atoms with E-state index in [1.54, 1.807) is 30.3 Å². The average Bonchev–Trinajstić information content (AvgIpc) is 3.55. The van der Waals surface area contributed by atoms with E-state index >= 15 is 0 Å². The van der Waals surface area contributed by atoms with Crippen LogP contribution in [0.3, 0.4) is 0 Å². The van der Waals surface area contributed by atoms with E-state index in [1.165, 1.54) is 34.1 Å². The van der Waals surface area contributed by atoms with Crippen molar-refractivity contribution >= 4 is 29.4 Å². The molecule has 0 bridgehead atoms. The number of carbonyl (C=O) groups is 4. The largest absolute Gasteiger partial charge is 0.416 e. The second-order valence-corrected chi connectivity index (χ2v) is 12.3. The molecule has 45 heavy (non-hydrogen) atoms. The van der Waals surface area contributed by atoms with Gasteiger partial charge in [0.05, 0.1) is 29.1 Å². The number of anilines is 1. The summed E-state index contributed by atoms with van der Waals surface area (Å²) in [6.45, 7) is 0. The highest BCUT2D eigenvalue weighted by Gasteiger charge is 2.77. The van der Waals surface area contributed by atoms with Crippen molar-refractivity contribution in [2.24, 2.45) is 11.8 Å². The molecule has 3 aliphatic heterocycles. The van der Waals surface area contributed by atoms with Crippen LogP contribution in [0.25, 0.3) is 0 Å². The highest BCUT2D eigenvalue weighted by Crippen LogP contribution is 2.60. The number of halogens is 4. The average molecular weight is 620 g/mol. The number of nitrogens with zero attached hydrogens (tertiary/aromatic N) is 3. The van der Waals surface area contributed by atoms with Crippen LogP contribution in [0, 0.1) is 17.7 Å². The minimum atomic E-state index is -4.63. The molecule has 4 aliphatic rings. The fourth-order valence-corrected chi connectivity index (χ4v) is 7.93. The smallest absolute Gasteiger partial charge is 0.300 e. The minimum Gasteiger partial charge on any atom is -0.300 e. The quantitative estimate of drug-likeness (QED) is 0.191. The summed E-state index contributed by atoms with van der Waals surface area (Å²) in [7, 11) is 0. The maximum absolute atomic E-state index is 14.8. The second kappa shape index (κ2) is 10.5. The standard InChI is InChI=1S/C34H29F4N3O4/c35-23-15-11-21(12-16-23)28-26-27(30(43)39(29(26)42)24-9-5-2-6-10-24)33(19-20-7-3-1-4-8-20)31(44)40(32(45)41(28)33)25-17-13-22(14-18-25)34(36,37)38/h1,3-4,7-8,11-18,24,26-28H,2,5-6,9-10,19H2/t26?,27?,28?,33-/m1/s1. The molecule has 0 spiro atoms. The summed E-state index contributed by atoms with van der Waals surface area (Å²) in [5, 5.41) is 0. The number of hydrogen-bond donors (Lipinski definition) is 0. The topological polar surface area (TPSA) is 78.0 Å². The van der Waals surface area contributed by atoms with E-state index in [1.807, 2.05) is 0 Å². The van der Waals surface area contributed by atoms with Crippen molar-refractivity contribution in [3.8, 4) is 0 Å². The lowest BCUT2D eigenvalue weighted by atomic mass is 9.75. The lowest BCUT2D eigenvalue weighted by Crippen LogP contribution is -2.56. The van der Waals surface area contributed by atoms with Gasteiger partial charge in [0.25, 0.3) is 5.91 Å². The Kier molecular flexibility index (Phi) is 6.83. The van der Waals surface area contributed by atoms with Crippen LogP contribution >= 0.6 is 0 Å². The highest BCUT2D eigenvalue weighted by molar-refractivity contribution is 6.27. The minimum absolute atomic E-state index is 0.0878. The Morgan fingerprint density at radius 3 is 2.04 bits per heavy atom. The molecule has 1 aliphatic carbocycles. The third-order valence-electron chi connectivity index (χ3n) is 9.84. The number of urea groups is 1. The summed E-state index contributed by atoms with van der Waals surface area (Å²) in [4.78, 5) is 61.5. The number of fused-ring (bicyclic) bond motifs is 3. The Bertz CT molecular complexity index is 1670. The van der Waals surface area contributed by atoms with Gasteiger partial charge in [0, 0.05) is 12.5 Å². The number of hydrogen-bond acceptors (Lipinski definition) is 4. The van der Waals surface area contributed by atoms with Gasteiger partial charge in [-0.3, -0.25) is 19.3 Å². The van der Waals surface area contributed by atoms with Gasteiger partial charge in [-0.1, -0.05) is 61.7 Å². The van der Waals surface area contributed by atoms with Gasteiger partial charge in [-0.2, -0.15) is 13.2 Å². The monoisotopic (exact) mass is 619 g/mol. The lowest BCUT2D eigenvalue weighted by Gasteiger charge is -2.37. The van der Waals surface area contributed by atoms with Crippen LogP contribution in [0.2, 0.25) is 0 Å². The maximum Gasteiger partial charge on any atom is 0.416 e. The number of rotatable bonds is 5. The summed E-state index contributed by atoms with van der Waals surface area (Å²) >= 11 is 0. The third kappa shape index (κ3) is 4.38. The van der Waals surface area contributed by atoms with Crippen molar-refractivity contribution in [2.45, 2.75) is 62.3 Å². The van der Waals surface area contributed by atoms with Crippen LogP contribution < -0.4 is 4.90 Å². The number of benzene rings is 3. The zero-order chi connectivity index (χ0) is 31.7. The summed E-state index contributed by atoms with van der Waals surface area (Å²) in [5.41, 5.74) is -1.89. The molecule has 7 rings (SSSR count). The Morgan fingerprint density at radius 2 is 1.42 bits per heavy atom. The van der Waals surface area contributed by atoms with Crippen LogP contribution in [-0.4, -0.2) is 45.1 Å². The molecule has 3 saturated heterocycles. The molecule has 3 heterocycles. The first-order chi connectivity index (χ1) is 21.5. The van der Waals surface area contributed by atoms with E-state index in [0.29, 0.717) is 24.0 Å². The molecule has 3 aromatic rings. The predicted octanol–water partition coefficient (Wildman–Crippen LogP) is 6.28. The van der Waals surface area contributed by atoms with Crippen LogP contribution in [-0.2, 0) is 27.0 Å². The molecule has 3 aromatic carbocycles. The van der Waals surface area contributed by atoms with E-state index in [0.717, 1.165) is 48.4 Å². The van der Waals surface area contributed by atoms with Crippen molar-refractivity contribution < 1.29 is 36.7 Å². The fraction of sp³-hybridized carbons (Fsp3) is 0.353. The zero-order valence-electron chi connectivity index (χ0n) is 24.0. The van der Waals surface area contributed by atoms with E-state index in [4.69, 9.17) is 0 Å². The molecule has 232 valence electrons. The van der Waals surface area contributed by atoms with E-state index in [-0.39, 0.29) is 18.2 Å². The maximum atomic E-state index is 14.8. The SMILES string of the molecule is O=C1C2C(c3ccc(F)cc3)N3C(=O)N(c4ccc(C(F)(F)F)cc4)C(=O)[C@@]3(Cc3ccccc3)C2C(=O)N1C1CCCCC1. The van der Waals surface area contributed by atoms with Gasteiger partial charge in [-0.15, -0.1) is 0 Å². The van der Waals surface area contributed by atoms with Gasteiger partial charge in [0.15, 0.2) is 0 Å². The van der Waals surface area contributed by atoms with Gasteiger partial charge in [0.1, 0.15) is 11.4 Å². The van der Waals surface area contributed by atoms with E-state index in [9.17, 15) is 36.7 Å². The Balaban J connectivity index is 1.42. The summed E-state index contributed by atoms with van der Waals surface area (Å²) < 4.78 is 54.2. The first kappa shape index (κ1) is 29.2. The van der Waals surface area contributed by atoms with Crippen LogP contribution in [0.5, 0.6) is 0 Å². The molecule has 7 nitrogen and oxygen atoms in total. The Hall–Kier alpha value is -4.54. The number of imide groups is 2. The number of likely N-dealkylation sites (tertiary alicyclic amines) is 1. The summed E-state index contributed by atoms with van der Waals surface area (Å²) in [5.74, 6) is -4.68. The van der Waals surface area contributed by atoms with Crippen LogP contribution in [0.1, 0.15) is 54.8 Å². The summed E-state index contributed by atoms with van der Waals surface area (Å²) in [6.07, 6.45) is -0.787. The first-order valence-corrected chi connectivity index (χ1v) is 15.1. The first-order valence-electron chi connectivity index (χ1n) is 15.1. The Labute approximate surface area is 256 Å². The van der Waals surface area contributed by atoms with Crippen LogP contribution in [0.4, 0.5) is 28.0 Å². The predicted molar refractivity (Wildman–Crippen MR) is 154 cm³/mol. The van der Waals surface area contributed by atoms with Crippen molar-refractivity contribution in [1.82, 2.24) is 9.80 Å². The normalized spacial score (nSPS) is 27.0. The van der Waals surface area contributed by atoms with Crippen LogP contribution in [0.15, 0.2) is 78.9 Å². The molecular weight excluding hydrogens is 590 g/mol. The third-order valence-corrected chi connectivity index (χ3v) is 9.84. The molecule has 11 heteroatoms. The second-order valence-electron chi connectivity index (χ2n) is 12.3. The molecular formula is C34H29F4N3O4. The van der Waals surface area contributed by atoms with Crippen molar-refractivity contribution in [3.63, 3.8) is 0 Å². The number of carbonyl (C=O) groups excluding carboxylic acids is 4. The van der Waals surface area contributed by atoms with Gasteiger partial charge in [-0.05, 0) is 60.4 Å². The van der Waals surface area contributed by atoms with Gasteiger partial charge >= 0.3 is 12.2 Å². The lowest BCUT2D eigenvalue weighted by molar-refractivity contribution is -0.147. The molecule has 4 fully saturated rings. The fourth-order valence-electron chi connectivity index (χ4n) is 7.93. The molecule has 0 N–H and O–H groups in total. The molecule has 0 aromatic heterocycles.